The molecule has 2 nitrogen and oxygen atoms in total. The molecule has 0 aliphatic carbocycles. The summed E-state index contributed by atoms with van der Waals surface area (Å²) >= 11 is 9.58. The van der Waals surface area contributed by atoms with Gasteiger partial charge in [-0.25, -0.2) is 0 Å². The fourth-order valence-corrected chi connectivity index (χ4v) is 2.58. The molecule has 0 atom stereocenters. The standard InChI is InChI=1S/C10H10BrClN2.C2H6/c1-3-14-9-5-7(11)4-8(12)10(9)6(2)13-14;1-2/h4-5H,3H2,1-2H3;1-2H3. The quantitative estimate of drug-likeness (QED) is 0.739. The summed E-state index contributed by atoms with van der Waals surface area (Å²) in [6.07, 6.45) is 0. The molecule has 0 spiro atoms. The largest absolute Gasteiger partial charge is 0.265 e. The van der Waals surface area contributed by atoms with Crippen molar-refractivity contribution in [2.75, 3.05) is 0 Å². The van der Waals surface area contributed by atoms with Gasteiger partial charge in [0.2, 0.25) is 0 Å². The van der Waals surface area contributed by atoms with E-state index in [9.17, 15) is 0 Å². The van der Waals surface area contributed by atoms with E-state index in [0.29, 0.717) is 0 Å². The first-order valence-electron chi connectivity index (χ1n) is 5.45. The molecule has 16 heavy (non-hydrogen) atoms. The molecule has 0 saturated heterocycles. The highest BCUT2D eigenvalue weighted by atomic mass is 79.9. The molecule has 88 valence electrons. The number of rotatable bonds is 1. The van der Waals surface area contributed by atoms with Gasteiger partial charge in [0.1, 0.15) is 0 Å². The lowest BCUT2D eigenvalue weighted by Crippen LogP contribution is -1.95. The molecule has 1 heterocycles. The van der Waals surface area contributed by atoms with Gasteiger partial charge in [0.25, 0.3) is 0 Å². The fourth-order valence-electron chi connectivity index (χ4n) is 1.65. The van der Waals surface area contributed by atoms with Gasteiger partial charge in [-0.1, -0.05) is 41.4 Å². The van der Waals surface area contributed by atoms with E-state index in [2.05, 4.69) is 28.0 Å². The summed E-state index contributed by atoms with van der Waals surface area (Å²) in [7, 11) is 0. The Morgan fingerprint density at radius 3 is 2.56 bits per heavy atom. The van der Waals surface area contributed by atoms with Crippen LogP contribution in [-0.4, -0.2) is 9.78 Å². The molecular formula is C12H16BrClN2. The molecule has 0 N–H and O–H groups in total. The Morgan fingerprint density at radius 2 is 2.00 bits per heavy atom. The molecule has 2 rings (SSSR count). The van der Waals surface area contributed by atoms with E-state index in [1.54, 1.807) is 0 Å². The molecule has 0 fully saturated rings. The molecule has 0 bridgehead atoms. The third-order valence-corrected chi connectivity index (χ3v) is 3.00. The summed E-state index contributed by atoms with van der Waals surface area (Å²) in [5, 5.41) is 6.23. The molecular weight excluding hydrogens is 288 g/mol. The van der Waals surface area contributed by atoms with Crippen molar-refractivity contribution in [1.29, 1.82) is 0 Å². The van der Waals surface area contributed by atoms with Gasteiger partial charge >= 0.3 is 0 Å². The zero-order chi connectivity index (χ0) is 12.3. The molecule has 0 aliphatic heterocycles. The highest BCUT2D eigenvalue weighted by molar-refractivity contribution is 9.10. The van der Waals surface area contributed by atoms with E-state index < -0.39 is 0 Å². The van der Waals surface area contributed by atoms with E-state index in [-0.39, 0.29) is 0 Å². The van der Waals surface area contributed by atoms with Gasteiger partial charge in [-0.05, 0) is 26.0 Å². The maximum atomic E-state index is 6.15. The van der Waals surface area contributed by atoms with Crippen LogP contribution in [0.1, 0.15) is 26.5 Å². The van der Waals surface area contributed by atoms with Crippen molar-refractivity contribution < 1.29 is 0 Å². The molecule has 0 saturated carbocycles. The van der Waals surface area contributed by atoms with Crippen molar-refractivity contribution >= 4 is 38.4 Å². The number of benzene rings is 1. The Morgan fingerprint density at radius 1 is 1.38 bits per heavy atom. The van der Waals surface area contributed by atoms with E-state index in [4.69, 9.17) is 11.6 Å². The van der Waals surface area contributed by atoms with Crippen LogP contribution in [-0.2, 0) is 6.54 Å². The van der Waals surface area contributed by atoms with Gasteiger partial charge in [-0.2, -0.15) is 5.10 Å². The van der Waals surface area contributed by atoms with Crippen LogP contribution in [0.3, 0.4) is 0 Å². The number of hydrogen-bond donors (Lipinski definition) is 0. The molecule has 1 aromatic heterocycles. The average Bonchev–Trinajstić information content (AvgIpc) is 2.58. The fraction of sp³-hybridized carbons (Fsp3) is 0.417. The highest BCUT2D eigenvalue weighted by Crippen LogP contribution is 2.30. The first-order valence-corrected chi connectivity index (χ1v) is 6.62. The predicted molar refractivity (Wildman–Crippen MR) is 74.2 cm³/mol. The van der Waals surface area contributed by atoms with E-state index >= 15 is 0 Å². The second-order valence-corrected chi connectivity index (χ2v) is 4.51. The number of fused-ring (bicyclic) bond motifs is 1. The molecule has 0 radical (unpaired) electrons. The van der Waals surface area contributed by atoms with Crippen LogP contribution in [0.25, 0.3) is 10.9 Å². The third kappa shape index (κ3) is 2.41. The van der Waals surface area contributed by atoms with Gasteiger partial charge < -0.3 is 0 Å². The summed E-state index contributed by atoms with van der Waals surface area (Å²) in [6, 6.07) is 3.95. The van der Waals surface area contributed by atoms with Crippen LogP contribution in [0.2, 0.25) is 5.02 Å². The van der Waals surface area contributed by atoms with Crippen LogP contribution >= 0.6 is 27.5 Å². The van der Waals surface area contributed by atoms with Gasteiger partial charge in [-0.15, -0.1) is 0 Å². The van der Waals surface area contributed by atoms with Crippen molar-refractivity contribution in [1.82, 2.24) is 9.78 Å². The van der Waals surface area contributed by atoms with Crippen LogP contribution in [0.5, 0.6) is 0 Å². The van der Waals surface area contributed by atoms with Crippen molar-refractivity contribution in [3.05, 3.63) is 27.3 Å². The average molecular weight is 304 g/mol. The maximum absolute atomic E-state index is 6.15. The Balaban J connectivity index is 0.000000606. The Bertz CT molecular complexity index is 491. The smallest absolute Gasteiger partial charge is 0.0711 e. The molecule has 0 amide bonds. The number of nitrogens with zero attached hydrogens (tertiary/aromatic N) is 2. The molecule has 0 unspecified atom stereocenters. The maximum Gasteiger partial charge on any atom is 0.0711 e. The molecule has 1 aromatic carbocycles. The molecule has 0 aliphatic rings. The topological polar surface area (TPSA) is 17.8 Å². The molecule has 2 aromatic rings. The zero-order valence-corrected chi connectivity index (χ0v) is 12.4. The summed E-state index contributed by atoms with van der Waals surface area (Å²) in [6.45, 7) is 8.91. The summed E-state index contributed by atoms with van der Waals surface area (Å²) in [4.78, 5) is 0. The van der Waals surface area contributed by atoms with Crippen LogP contribution in [0.4, 0.5) is 0 Å². The Hall–Kier alpha value is -0.540. The minimum atomic E-state index is 0.756. The van der Waals surface area contributed by atoms with Gasteiger partial charge in [-0.3, -0.25) is 4.68 Å². The number of hydrogen-bond acceptors (Lipinski definition) is 1. The summed E-state index contributed by atoms with van der Waals surface area (Å²) < 4.78 is 2.95. The first-order chi connectivity index (χ1) is 7.63. The van der Waals surface area contributed by atoms with Crippen LogP contribution in [0.15, 0.2) is 16.6 Å². The van der Waals surface area contributed by atoms with Crippen molar-refractivity contribution in [2.45, 2.75) is 34.2 Å². The summed E-state index contributed by atoms with van der Waals surface area (Å²) in [5.74, 6) is 0. The van der Waals surface area contributed by atoms with Crippen molar-refractivity contribution in [3.63, 3.8) is 0 Å². The normalized spacial score (nSPS) is 10.1. The zero-order valence-electron chi connectivity index (χ0n) is 10.0. The second kappa shape index (κ2) is 5.69. The van der Waals surface area contributed by atoms with Crippen molar-refractivity contribution in [3.8, 4) is 0 Å². The van der Waals surface area contributed by atoms with E-state index in [1.807, 2.05) is 37.6 Å². The van der Waals surface area contributed by atoms with Gasteiger partial charge in [0.15, 0.2) is 0 Å². The minimum Gasteiger partial charge on any atom is -0.265 e. The predicted octanol–water partition coefficient (Wildman–Crippen LogP) is 4.81. The van der Waals surface area contributed by atoms with E-state index in [1.165, 1.54) is 0 Å². The Kier molecular flexibility index (Phi) is 4.81. The first kappa shape index (κ1) is 13.5. The highest BCUT2D eigenvalue weighted by Gasteiger charge is 2.10. The van der Waals surface area contributed by atoms with Crippen LogP contribution in [0, 0.1) is 6.92 Å². The summed E-state index contributed by atoms with van der Waals surface area (Å²) in [5.41, 5.74) is 2.07. The van der Waals surface area contributed by atoms with Gasteiger partial charge in [0.05, 0.1) is 16.2 Å². The lowest BCUT2D eigenvalue weighted by molar-refractivity contribution is 0.676. The minimum absolute atomic E-state index is 0.756. The molecule has 4 heteroatoms. The second-order valence-electron chi connectivity index (χ2n) is 3.18. The number of aryl methyl sites for hydroxylation is 2. The lowest BCUT2D eigenvalue weighted by Gasteiger charge is -2.00. The third-order valence-electron chi connectivity index (χ3n) is 2.24. The van der Waals surface area contributed by atoms with Crippen molar-refractivity contribution in [2.24, 2.45) is 0 Å². The number of halogens is 2. The lowest BCUT2D eigenvalue weighted by atomic mass is 10.2. The van der Waals surface area contributed by atoms with E-state index in [0.717, 1.165) is 32.6 Å². The Labute approximate surface area is 110 Å². The number of aromatic nitrogens is 2. The monoisotopic (exact) mass is 302 g/mol. The van der Waals surface area contributed by atoms with Gasteiger partial charge in [0, 0.05) is 16.4 Å². The van der Waals surface area contributed by atoms with Crippen LogP contribution < -0.4 is 0 Å². The SMILES string of the molecule is CC.CCn1nc(C)c2c(Cl)cc(Br)cc21.